The SMILES string of the molecule is CCCNCc1ccc(OCCC(=O)N(C)C)c(Cl)c1. The number of nitrogens with one attached hydrogen (secondary N) is 1. The van der Waals surface area contributed by atoms with E-state index in [9.17, 15) is 4.79 Å². The number of benzene rings is 1. The van der Waals surface area contributed by atoms with Crippen molar-refractivity contribution in [2.45, 2.75) is 26.3 Å². The van der Waals surface area contributed by atoms with Gasteiger partial charge in [0, 0.05) is 20.6 Å². The molecule has 1 rings (SSSR count). The molecule has 0 unspecified atom stereocenters. The minimum Gasteiger partial charge on any atom is -0.491 e. The van der Waals surface area contributed by atoms with Crippen molar-refractivity contribution in [3.05, 3.63) is 28.8 Å². The number of hydrogen-bond donors (Lipinski definition) is 1. The minimum atomic E-state index is 0.0431. The van der Waals surface area contributed by atoms with Crippen molar-refractivity contribution in [1.29, 1.82) is 0 Å². The minimum absolute atomic E-state index is 0.0431. The monoisotopic (exact) mass is 298 g/mol. The van der Waals surface area contributed by atoms with Crippen molar-refractivity contribution in [2.24, 2.45) is 0 Å². The average Bonchev–Trinajstić information content (AvgIpc) is 2.41. The van der Waals surface area contributed by atoms with E-state index in [1.807, 2.05) is 18.2 Å². The summed E-state index contributed by atoms with van der Waals surface area (Å²) >= 11 is 6.17. The standard InChI is InChI=1S/C15H23ClN2O2/c1-4-8-17-11-12-5-6-14(13(16)10-12)20-9-7-15(19)18(2)3/h5-6,10,17H,4,7-9,11H2,1-3H3. The van der Waals surface area contributed by atoms with E-state index in [-0.39, 0.29) is 5.91 Å². The van der Waals surface area contributed by atoms with Crippen molar-refractivity contribution >= 4 is 17.5 Å². The van der Waals surface area contributed by atoms with Gasteiger partial charge in [-0.15, -0.1) is 0 Å². The van der Waals surface area contributed by atoms with Crippen molar-refractivity contribution in [3.8, 4) is 5.75 Å². The number of carbonyl (C=O) groups is 1. The van der Waals surface area contributed by atoms with Crippen molar-refractivity contribution < 1.29 is 9.53 Å². The number of ether oxygens (including phenoxy) is 1. The third kappa shape index (κ3) is 5.80. The van der Waals surface area contributed by atoms with Crippen LogP contribution in [0.3, 0.4) is 0 Å². The largest absolute Gasteiger partial charge is 0.491 e. The molecule has 0 fully saturated rings. The molecule has 5 heteroatoms. The van der Waals surface area contributed by atoms with Gasteiger partial charge in [-0.1, -0.05) is 24.6 Å². The molecule has 0 bridgehead atoms. The summed E-state index contributed by atoms with van der Waals surface area (Å²) in [7, 11) is 3.46. The van der Waals surface area contributed by atoms with Crippen LogP contribution in [-0.4, -0.2) is 38.1 Å². The fourth-order valence-electron chi connectivity index (χ4n) is 1.65. The fourth-order valence-corrected chi connectivity index (χ4v) is 1.91. The maximum absolute atomic E-state index is 11.4. The van der Waals surface area contributed by atoms with Gasteiger partial charge < -0.3 is 15.0 Å². The quantitative estimate of drug-likeness (QED) is 0.750. The Kier molecular flexibility index (Phi) is 7.41. The zero-order valence-electron chi connectivity index (χ0n) is 12.4. The van der Waals surface area contributed by atoms with Crippen molar-refractivity contribution in [3.63, 3.8) is 0 Å². The second-order valence-electron chi connectivity index (χ2n) is 4.83. The van der Waals surface area contributed by atoms with E-state index in [4.69, 9.17) is 16.3 Å². The highest BCUT2D eigenvalue weighted by molar-refractivity contribution is 6.32. The molecular weight excluding hydrogens is 276 g/mol. The Morgan fingerprint density at radius 3 is 2.75 bits per heavy atom. The summed E-state index contributed by atoms with van der Waals surface area (Å²) in [6.07, 6.45) is 1.46. The summed E-state index contributed by atoms with van der Waals surface area (Å²) in [6, 6.07) is 5.73. The Labute approximate surface area is 126 Å². The summed E-state index contributed by atoms with van der Waals surface area (Å²) in [5.74, 6) is 0.666. The van der Waals surface area contributed by atoms with E-state index in [1.54, 1.807) is 19.0 Å². The molecule has 0 aliphatic carbocycles. The van der Waals surface area contributed by atoms with Crippen LogP contribution in [0, 0.1) is 0 Å². The Morgan fingerprint density at radius 1 is 1.40 bits per heavy atom. The third-order valence-corrected chi connectivity index (χ3v) is 3.12. The lowest BCUT2D eigenvalue weighted by molar-refractivity contribution is -0.129. The lowest BCUT2D eigenvalue weighted by Crippen LogP contribution is -2.23. The zero-order valence-corrected chi connectivity index (χ0v) is 13.2. The second-order valence-corrected chi connectivity index (χ2v) is 5.24. The van der Waals surface area contributed by atoms with E-state index in [0.29, 0.717) is 23.8 Å². The van der Waals surface area contributed by atoms with Gasteiger partial charge in [-0.2, -0.15) is 0 Å². The van der Waals surface area contributed by atoms with E-state index in [2.05, 4.69) is 12.2 Å². The highest BCUT2D eigenvalue weighted by Crippen LogP contribution is 2.25. The van der Waals surface area contributed by atoms with Crippen molar-refractivity contribution in [1.82, 2.24) is 10.2 Å². The summed E-state index contributed by atoms with van der Waals surface area (Å²) in [6.45, 7) is 4.26. The molecule has 1 amide bonds. The van der Waals surface area contributed by atoms with Crippen LogP contribution in [0.5, 0.6) is 5.75 Å². The molecule has 112 valence electrons. The Hall–Kier alpha value is -1.26. The molecular formula is C15H23ClN2O2. The molecule has 1 N–H and O–H groups in total. The van der Waals surface area contributed by atoms with E-state index >= 15 is 0 Å². The first kappa shape index (κ1) is 16.8. The van der Waals surface area contributed by atoms with Gasteiger partial charge in [-0.25, -0.2) is 0 Å². The summed E-state index contributed by atoms with van der Waals surface area (Å²) in [5.41, 5.74) is 1.13. The summed E-state index contributed by atoms with van der Waals surface area (Å²) < 4.78 is 5.54. The molecule has 0 atom stereocenters. The molecule has 4 nitrogen and oxygen atoms in total. The Bertz CT molecular complexity index is 436. The number of halogens is 1. The molecule has 20 heavy (non-hydrogen) atoms. The zero-order chi connectivity index (χ0) is 15.0. The topological polar surface area (TPSA) is 41.6 Å². The molecule has 1 aromatic carbocycles. The number of hydrogen-bond acceptors (Lipinski definition) is 3. The first-order chi connectivity index (χ1) is 9.54. The highest BCUT2D eigenvalue weighted by Gasteiger charge is 2.06. The first-order valence-electron chi connectivity index (χ1n) is 6.86. The van der Waals surface area contributed by atoms with Crippen LogP contribution in [0.25, 0.3) is 0 Å². The molecule has 0 saturated heterocycles. The second kappa shape index (κ2) is 8.82. The summed E-state index contributed by atoms with van der Waals surface area (Å²) in [4.78, 5) is 13.0. The maximum Gasteiger partial charge on any atom is 0.225 e. The van der Waals surface area contributed by atoms with Gasteiger partial charge in [0.25, 0.3) is 0 Å². The predicted molar refractivity (Wildman–Crippen MR) is 82.3 cm³/mol. The van der Waals surface area contributed by atoms with Crippen LogP contribution in [0.4, 0.5) is 0 Å². The van der Waals surface area contributed by atoms with Gasteiger partial charge in [0.15, 0.2) is 0 Å². The molecule has 1 aromatic rings. The fraction of sp³-hybridized carbons (Fsp3) is 0.533. The molecule has 0 heterocycles. The molecule has 0 radical (unpaired) electrons. The predicted octanol–water partition coefficient (Wildman–Crippen LogP) is 2.70. The van der Waals surface area contributed by atoms with Gasteiger partial charge in [-0.05, 0) is 30.7 Å². The van der Waals surface area contributed by atoms with Gasteiger partial charge >= 0.3 is 0 Å². The molecule has 0 aromatic heterocycles. The molecule has 0 aliphatic heterocycles. The Morgan fingerprint density at radius 2 is 2.15 bits per heavy atom. The normalized spacial score (nSPS) is 10.4. The van der Waals surface area contributed by atoms with E-state index < -0.39 is 0 Å². The van der Waals surface area contributed by atoms with Crippen LogP contribution in [-0.2, 0) is 11.3 Å². The highest BCUT2D eigenvalue weighted by atomic mass is 35.5. The third-order valence-electron chi connectivity index (χ3n) is 2.82. The lowest BCUT2D eigenvalue weighted by atomic mass is 10.2. The summed E-state index contributed by atoms with van der Waals surface area (Å²) in [5, 5.41) is 3.90. The van der Waals surface area contributed by atoms with Gasteiger partial charge in [0.2, 0.25) is 5.91 Å². The van der Waals surface area contributed by atoms with E-state index in [0.717, 1.165) is 25.1 Å². The van der Waals surface area contributed by atoms with Crippen LogP contribution in [0.2, 0.25) is 5.02 Å². The first-order valence-corrected chi connectivity index (χ1v) is 7.24. The smallest absolute Gasteiger partial charge is 0.225 e. The average molecular weight is 299 g/mol. The van der Waals surface area contributed by atoms with Crippen LogP contribution >= 0.6 is 11.6 Å². The van der Waals surface area contributed by atoms with Crippen LogP contribution in [0.1, 0.15) is 25.3 Å². The number of nitrogens with zero attached hydrogens (tertiary/aromatic N) is 1. The van der Waals surface area contributed by atoms with E-state index in [1.165, 1.54) is 0 Å². The molecule has 0 aliphatic rings. The lowest BCUT2D eigenvalue weighted by Gasteiger charge is -2.12. The van der Waals surface area contributed by atoms with Crippen LogP contribution in [0.15, 0.2) is 18.2 Å². The van der Waals surface area contributed by atoms with Crippen LogP contribution < -0.4 is 10.1 Å². The van der Waals surface area contributed by atoms with Gasteiger partial charge in [0.1, 0.15) is 5.75 Å². The number of carbonyl (C=O) groups excluding carboxylic acids is 1. The Balaban J connectivity index is 2.45. The number of amides is 1. The van der Waals surface area contributed by atoms with Gasteiger partial charge in [0.05, 0.1) is 18.1 Å². The van der Waals surface area contributed by atoms with Gasteiger partial charge in [-0.3, -0.25) is 4.79 Å². The maximum atomic E-state index is 11.4. The van der Waals surface area contributed by atoms with Crippen molar-refractivity contribution in [2.75, 3.05) is 27.2 Å². The molecule has 0 spiro atoms. The molecule has 0 saturated carbocycles. The number of rotatable bonds is 8.